The van der Waals surface area contributed by atoms with Crippen molar-refractivity contribution in [3.63, 3.8) is 0 Å². The number of amides is 1. The minimum absolute atomic E-state index is 0.151. The second-order valence-electron chi connectivity index (χ2n) is 5.56. The number of fused-ring (bicyclic) bond motifs is 1. The highest BCUT2D eigenvalue weighted by molar-refractivity contribution is 9.10. The van der Waals surface area contributed by atoms with Gasteiger partial charge in [-0.25, -0.2) is 5.43 Å². The van der Waals surface area contributed by atoms with E-state index in [2.05, 4.69) is 38.6 Å². The van der Waals surface area contributed by atoms with Crippen LogP contribution in [0.15, 0.2) is 44.8 Å². The second kappa shape index (κ2) is 7.93. The standard InChI is InChI=1S/C18H17BrN2O3S/c1-11-6-17(12(2)5-14(11)19)25-9-18(22)21-20-8-13-3-4-15-16(7-13)24-10-23-15/h3-8H,9-10H2,1-2H3,(H,21,22). The van der Waals surface area contributed by atoms with Gasteiger partial charge in [-0.1, -0.05) is 15.9 Å². The van der Waals surface area contributed by atoms with E-state index >= 15 is 0 Å². The van der Waals surface area contributed by atoms with Gasteiger partial charge >= 0.3 is 0 Å². The Kier molecular flexibility index (Phi) is 5.65. The maximum absolute atomic E-state index is 12.0. The third-order valence-corrected chi connectivity index (χ3v) is 5.63. The molecule has 0 fully saturated rings. The molecule has 2 aromatic rings. The number of hydrogen-bond acceptors (Lipinski definition) is 5. The Morgan fingerprint density at radius 2 is 2.04 bits per heavy atom. The second-order valence-corrected chi connectivity index (χ2v) is 7.43. The maximum atomic E-state index is 12.0. The molecular formula is C18H17BrN2O3S. The van der Waals surface area contributed by atoms with E-state index in [1.165, 1.54) is 11.8 Å². The summed E-state index contributed by atoms with van der Waals surface area (Å²) in [6, 6.07) is 9.63. The minimum Gasteiger partial charge on any atom is -0.454 e. The average molecular weight is 421 g/mol. The van der Waals surface area contributed by atoms with Crippen LogP contribution in [0.4, 0.5) is 0 Å². The van der Waals surface area contributed by atoms with Crippen LogP contribution in [0.1, 0.15) is 16.7 Å². The van der Waals surface area contributed by atoms with Crippen LogP contribution in [-0.2, 0) is 4.79 Å². The average Bonchev–Trinajstić information content (AvgIpc) is 3.04. The van der Waals surface area contributed by atoms with E-state index < -0.39 is 0 Å². The van der Waals surface area contributed by atoms with Crippen molar-refractivity contribution in [2.24, 2.45) is 5.10 Å². The van der Waals surface area contributed by atoms with Gasteiger partial charge in [0.15, 0.2) is 11.5 Å². The molecule has 0 saturated heterocycles. The molecule has 0 saturated carbocycles. The fourth-order valence-corrected chi connectivity index (χ4v) is 3.61. The zero-order valence-corrected chi connectivity index (χ0v) is 16.2. The minimum atomic E-state index is -0.151. The summed E-state index contributed by atoms with van der Waals surface area (Å²) in [5, 5.41) is 3.99. The van der Waals surface area contributed by atoms with Crippen LogP contribution in [0.5, 0.6) is 11.5 Å². The molecule has 1 aliphatic rings. The highest BCUT2D eigenvalue weighted by atomic mass is 79.9. The van der Waals surface area contributed by atoms with E-state index in [0.29, 0.717) is 11.5 Å². The van der Waals surface area contributed by atoms with Gasteiger partial charge in [0.25, 0.3) is 0 Å². The zero-order valence-electron chi connectivity index (χ0n) is 13.8. The number of aryl methyl sites for hydroxylation is 2. The number of nitrogens with one attached hydrogen (secondary N) is 1. The van der Waals surface area contributed by atoms with Gasteiger partial charge in [-0.3, -0.25) is 4.79 Å². The summed E-state index contributed by atoms with van der Waals surface area (Å²) in [5.41, 5.74) is 5.66. The highest BCUT2D eigenvalue weighted by Gasteiger charge is 2.12. The fourth-order valence-electron chi connectivity index (χ4n) is 2.26. The number of carbonyl (C=O) groups is 1. The Morgan fingerprint density at radius 1 is 1.24 bits per heavy atom. The van der Waals surface area contributed by atoms with Crippen LogP contribution >= 0.6 is 27.7 Å². The lowest BCUT2D eigenvalue weighted by Gasteiger charge is -2.08. The Morgan fingerprint density at radius 3 is 2.88 bits per heavy atom. The lowest BCUT2D eigenvalue weighted by molar-refractivity contribution is -0.118. The van der Waals surface area contributed by atoms with Gasteiger partial charge in [-0.2, -0.15) is 5.10 Å². The van der Waals surface area contributed by atoms with Crippen LogP contribution in [0.2, 0.25) is 0 Å². The predicted octanol–water partition coefficient (Wildman–Crippen LogP) is 4.04. The third-order valence-electron chi connectivity index (χ3n) is 3.61. The van der Waals surface area contributed by atoms with E-state index in [4.69, 9.17) is 9.47 Å². The third kappa shape index (κ3) is 4.55. The zero-order chi connectivity index (χ0) is 17.8. The normalized spacial score (nSPS) is 12.6. The van der Waals surface area contributed by atoms with Crippen molar-refractivity contribution < 1.29 is 14.3 Å². The molecule has 1 N–H and O–H groups in total. The first-order valence-electron chi connectivity index (χ1n) is 7.64. The molecule has 0 spiro atoms. The summed E-state index contributed by atoms with van der Waals surface area (Å²) in [6.07, 6.45) is 1.58. The number of ether oxygens (including phenoxy) is 2. The number of thioether (sulfide) groups is 1. The Labute approximate surface area is 158 Å². The Balaban J connectivity index is 1.52. The van der Waals surface area contributed by atoms with E-state index in [1.54, 1.807) is 6.21 Å². The van der Waals surface area contributed by atoms with E-state index in [-0.39, 0.29) is 12.7 Å². The van der Waals surface area contributed by atoms with E-state index in [0.717, 1.165) is 31.8 Å². The highest BCUT2D eigenvalue weighted by Crippen LogP contribution is 2.32. The number of halogens is 1. The summed E-state index contributed by atoms with van der Waals surface area (Å²) in [5.74, 6) is 1.56. The van der Waals surface area contributed by atoms with Gasteiger partial charge < -0.3 is 9.47 Å². The monoisotopic (exact) mass is 420 g/mol. The van der Waals surface area contributed by atoms with Crippen molar-refractivity contribution in [3.05, 3.63) is 51.5 Å². The van der Waals surface area contributed by atoms with E-state index in [9.17, 15) is 4.79 Å². The molecule has 3 rings (SSSR count). The summed E-state index contributed by atoms with van der Waals surface area (Å²) in [4.78, 5) is 13.1. The van der Waals surface area contributed by atoms with Crippen molar-refractivity contribution in [1.29, 1.82) is 0 Å². The molecule has 0 aliphatic carbocycles. The fraction of sp³-hybridized carbons (Fsp3) is 0.222. The first-order chi connectivity index (χ1) is 12.0. The number of benzene rings is 2. The SMILES string of the molecule is Cc1cc(SCC(=O)NN=Cc2ccc3c(c2)OCO3)c(C)cc1Br. The topological polar surface area (TPSA) is 59.9 Å². The predicted molar refractivity (Wildman–Crippen MR) is 103 cm³/mol. The lowest BCUT2D eigenvalue weighted by atomic mass is 10.2. The number of nitrogens with zero attached hydrogens (tertiary/aromatic N) is 1. The maximum Gasteiger partial charge on any atom is 0.250 e. The molecule has 5 nitrogen and oxygen atoms in total. The Bertz CT molecular complexity index is 839. The summed E-state index contributed by atoms with van der Waals surface area (Å²) in [7, 11) is 0. The molecular weight excluding hydrogens is 404 g/mol. The molecule has 0 unspecified atom stereocenters. The molecule has 130 valence electrons. The number of hydrogen-bond donors (Lipinski definition) is 1. The van der Waals surface area contributed by atoms with Gasteiger partial charge in [0.1, 0.15) is 0 Å². The number of hydrazone groups is 1. The van der Waals surface area contributed by atoms with Gasteiger partial charge in [0.05, 0.1) is 12.0 Å². The molecule has 1 amide bonds. The van der Waals surface area contributed by atoms with Crippen LogP contribution in [0.25, 0.3) is 0 Å². The van der Waals surface area contributed by atoms with Crippen molar-refractivity contribution in [2.45, 2.75) is 18.7 Å². The van der Waals surface area contributed by atoms with Crippen molar-refractivity contribution >= 4 is 39.8 Å². The molecule has 7 heteroatoms. The lowest BCUT2D eigenvalue weighted by Crippen LogP contribution is -2.19. The molecule has 0 radical (unpaired) electrons. The molecule has 25 heavy (non-hydrogen) atoms. The summed E-state index contributed by atoms with van der Waals surface area (Å²) in [6.45, 7) is 4.30. The van der Waals surface area contributed by atoms with Gasteiger partial charge in [-0.05, 0) is 60.9 Å². The van der Waals surface area contributed by atoms with Gasteiger partial charge in [0.2, 0.25) is 12.7 Å². The Hall–Kier alpha value is -1.99. The molecule has 1 aliphatic heterocycles. The first kappa shape index (κ1) is 17.8. The molecule has 0 bridgehead atoms. The number of rotatable bonds is 5. The molecule has 2 aromatic carbocycles. The smallest absolute Gasteiger partial charge is 0.250 e. The molecule has 0 atom stereocenters. The van der Waals surface area contributed by atoms with Crippen LogP contribution < -0.4 is 14.9 Å². The van der Waals surface area contributed by atoms with Crippen LogP contribution in [0, 0.1) is 13.8 Å². The molecule has 0 aromatic heterocycles. The van der Waals surface area contributed by atoms with E-state index in [1.807, 2.05) is 32.0 Å². The first-order valence-corrected chi connectivity index (χ1v) is 9.42. The van der Waals surface area contributed by atoms with Crippen LogP contribution in [0.3, 0.4) is 0 Å². The summed E-state index contributed by atoms with van der Waals surface area (Å²) < 4.78 is 11.6. The number of carbonyl (C=O) groups excluding carboxylic acids is 1. The summed E-state index contributed by atoms with van der Waals surface area (Å²) >= 11 is 5.01. The molecule has 1 heterocycles. The van der Waals surface area contributed by atoms with Crippen LogP contribution in [-0.4, -0.2) is 24.7 Å². The quantitative estimate of drug-likeness (QED) is 0.450. The largest absolute Gasteiger partial charge is 0.454 e. The van der Waals surface area contributed by atoms with Gasteiger partial charge in [0, 0.05) is 9.37 Å². The van der Waals surface area contributed by atoms with Gasteiger partial charge in [-0.15, -0.1) is 11.8 Å². The van der Waals surface area contributed by atoms with Crippen molar-refractivity contribution in [1.82, 2.24) is 5.43 Å². The van der Waals surface area contributed by atoms with Crippen molar-refractivity contribution in [3.8, 4) is 11.5 Å². The van der Waals surface area contributed by atoms with Crippen molar-refractivity contribution in [2.75, 3.05) is 12.5 Å².